The van der Waals surface area contributed by atoms with E-state index in [1.165, 1.54) is 10.6 Å². The third-order valence-corrected chi connectivity index (χ3v) is 5.47. The standard InChI is InChI=1S/C20H17F3N2O3S/c1-3-14(18(27)28)25-15-10-13(20(21,22)23)8-9-16(15)29-19(25)24-17(26)12-6-4-11(2)5-7-12/h4-10,14H,3H2,1-2H3,(H,27,28). The largest absolute Gasteiger partial charge is 0.480 e. The van der Waals surface area contributed by atoms with Crippen LogP contribution in [0.3, 0.4) is 0 Å². The Bertz CT molecular complexity index is 1140. The van der Waals surface area contributed by atoms with Crippen molar-refractivity contribution in [1.29, 1.82) is 0 Å². The quantitative estimate of drug-likeness (QED) is 0.656. The minimum atomic E-state index is -4.58. The molecule has 1 atom stereocenters. The highest BCUT2D eigenvalue weighted by atomic mass is 32.1. The number of halogens is 3. The Morgan fingerprint density at radius 2 is 1.83 bits per heavy atom. The van der Waals surface area contributed by atoms with Crippen molar-refractivity contribution >= 4 is 33.4 Å². The number of aromatic nitrogens is 1. The van der Waals surface area contributed by atoms with Gasteiger partial charge in [0.25, 0.3) is 5.91 Å². The molecular weight excluding hydrogens is 405 g/mol. The van der Waals surface area contributed by atoms with Crippen LogP contribution in [-0.4, -0.2) is 21.6 Å². The van der Waals surface area contributed by atoms with Crippen molar-refractivity contribution in [2.24, 2.45) is 4.99 Å². The summed E-state index contributed by atoms with van der Waals surface area (Å²) >= 11 is 0.975. The highest BCUT2D eigenvalue weighted by molar-refractivity contribution is 7.16. The minimum Gasteiger partial charge on any atom is -0.480 e. The third kappa shape index (κ3) is 4.24. The number of carboxylic acids is 1. The van der Waals surface area contributed by atoms with E-state index >= 15 is 0 Å². The van der Waals surface area contributed by atoms with Crippen LogP contribution in [0.1, 0.15) is 40.9 Å². The van der Waals surface area contributed by atoms with Crippen LogP contribution in [0.4, 0.5) is 13.2 Å². The summed E-state index contributed by atoms with van der Waals surface area (Å²) < 4.78 is 41.1. The van der Waals surface area contributed by atoms with Crippen molar-refractivity contribution in [2.45, 2.75) is 32.5 Å². The second kappa shape index (κ2) is 7.82. The van der Waals surface area contributed by atoms with Gasteiger partial charge in [-0.05, 0) is 43.7 Å². The van der Waals surface area contributed by atoms with Gasteiger partial charge in [-0.3, -0.25) is 4.79 Å². The first kappa shape index (κ1) is 20.8. The second-order valence-corrected chi connectivity index (χ2v) is 7.49. The van der Waals surface area contributed by atoms with E-state index in [0.717, 1.165) is 29.0 Å². The van der Waals surface area contributed by atoms with E-state index in [0.29, 0.717) is 10.3 Å². The lowest BCUT2D eigenvalue weighted by Gasteiger charge is -2.14. The predicted octanol–water partition coefficient (Wildman–Crippen LogP) is 4.81. The van der Waals surface area contributed by atoms with Gasteiger partial charge in [0.2, 0.25) is 0 Å². The Hall–Kier alpha value is -2.94. The number of carboxylic acid groups (broad SMARTS) is 1. The van der Waals surface area contributed by atoms with Gasteiger partial charge in [-0.15, -0.1) is 0 Å². The molecule has 0 aliphatic heterocycles. The van der Waals surface area contributed by atoms with Gasteiger partial charge < -0.3 is 9.67 Å². The van der Waals surface area contributed by atoms with Gasteiger partial charge in [-0.1, -0.05) is 36.0 Å². The van der Waals surface area contributed by atoms with Crippen molar-refractivity contribution in [3.63, 3.8) is 0 Å². The van der Waals surface area contributed by atoms with Gasteiger partial charge in [0.1, 0.15) is 6.04 Å². The van der Waals surface area contributed by atoms with E-state index in [1.807, 2.05) is 6.92 Å². The highest BCUT2D eigenvalue weighted by Gasteiger charge is 2.32. The smallest absolute Gasteiger partial charge is 0.416 e. The van der Waals surface area contributed by atoms with Crippen molar-refractivity contribution in [2.75, 3.05) is 0 Å². The fourth-order valence-electron chi connectivity index (χ4n) is 2.91. The molecule has 1 amide bonds. The van der Waals surface area contributed by atoms with Gasteiger partial charge in [0.05, 0.1) is 15.8 Å². The average molecular weight is 422 g/mol. The summed E-state index contributed by atoms with van der Waals surface area (Å²) in [6.45, 7) is 3.47. The molecule has 0 aliphatic carbocycles. The Labute approximate surface area is 167 Å². The Kier molecular flexibility index (Phi) is 5.61. The summed E-state index contributed by atoms with van der Waals surface area (Å²) in [6, 6.07) is 8.60. The molecule has 0 bridgehead atoms. The monoisotopic (exact) mass is 422 g/mol. The van der Waals surface area contributed by atoms with Crippen LogP contribution in [0, 0.1) is 6.92 Å². The molecule has 9 heteroatoms. The molecule has 3 rings (SSSR count). The van der Waals surface area contributed by atoms with Gasteiger partial charge in [0, 0.05) is 5.56 Å². The van der Waals surface area contributed by atoms with Crippen LogP contribution in [0.5, 0.6) is 0 Å². The Balaban J connectivity index is 2.26. The maximum atomic E-state index is 13.2. The van der Waals surface area contributed by atoms with E-state index in [4.69, 9.17) is 0 Å². The molecule has 29 heavy (non-hydrogen) atoms. The maximum absolute atomic E-state index is 13.2. The first-order valence-corrected chi connectivity index (χ1v) is 9.54. The number of aryl methyl sites for hydroxylation is 1. The van der Waals surface area contributed by atoms with Crippen molar-refractivity contribution in [3.05, 3.63) is 64.0 Å². The second-order valence-electron chi connectivity index (χ2n) is 6.48. The first-order chi connectivity index (χ1) is 13.6. The number of rotatable bonds is 4. The van der Waals surface area contributed by atoms with E-state index in [9.17, 15) is 27.9 Å². The number of hydrogen-bond acceptors (Lipinski definition) is 3. The van der Waals surface area contributed by atoms with Crippen LogP contribution in [0.15, 0.2) is 47.5 Å². The Morgan fingerprint density at radius 1 is 1.17 bits per heavy atom. The van der Waals surface area contributed by atoms with Crippen molar-refractivity contribution in [1.82, 2.24) is 4.57 Å². The molecule has 1 unspecified atom stereocenters. The molecule has 0 radical (unpaired) electrons. The number of carbonyl (C=O) groups is 2. The molecular formula is C20H17F3N2O3S. The molecule has 0 saturated heterocycles. The molecule has 152 valence electrons. The zero-order valence-corrected chi connectivity index (χ0v) is 16.3. The van der Waals surface area contributed by atoms with E-state index < -0.39 is 29.7 Å². The lowest BCUT2D eigenvalue weighted by molar-refractivity contribution is -0.141. The van der Waals surface area contributed by atoms with E-state index in [-0.39, 0.29) is 16.7 Å². The number of thiazole rings is 1. The lowest BCUT2D eigenvalue weighted by atomic mass is 10.1. The fourth-order valence-corrected chi connectivity index (χ4v) is 3.96. The minimum absolute atomic E-state index is 0.0409. The molecule has 2 aromatic carbocycles. The highest BCUT2D eigenvalue weighted by Crippen LogP contribution is 2.33. The van der Waals surface area contributed by atoms with Crippen LogP contribution < -0.4 is 4.80 Å². The van der Waals surface area contributed by atoms with Crippen molar-refractivity contribution in [3.8, 4) is 0 Å². The van der Waals surface area contributed by atoms with Gasteiger partial charge in [-0.25, -0.2) is 4.79 Å². The van der Waals surface area contributed by atoms with Crippen LogP contribution in [-0.2, 0) is 11.0 Å². The number of fused-ring (bicyclic) bond motifs is 1. The Morgan fingerprint density at radius 3 is 2.38 bits per heavy atom. The average Bonchev–Trinajstić information content (AvgIpc) is 2.99. The first-order valence-electron chi connectivity index (χ1n) is 8.72. The summed E-state index contributed by atoms with van der Waals surface area (Å²) in [5.41, 5.74) is 0.441. The molecule has 3 aromatic rings. The number of hydrogen-bond donors (Lipinski definition) is 1. The molecule has 0 spiro atoms. The number of nitrogens with zero attached hydrogens (tertiary/aromatic N) is 2. The van der Waals surface area contributed by atoms with Gasteiger partial charge >= 0.3 is 12.1 Å². The zero-order chi connectivity index (χ0) is 21.3. The number of benzene rings is 2. The predicted molar refractivity (Wildman–Crippen MR) is 103 cm³/mol. The zero-order valence-electron chi connectivity index (χ0n) is 15.5. The van der Waals surface area contributed by atoms with Crippen LogP contribution in [0.25, 0.3) is 10.2 Å². The van der Waals surface area contributed by atoms with Crippen LogP contribution in [0.2, 0.25) is 0 Å². The van der Waals surface area contributed by atoms with Crippen LogP contribution >= 0.6 is 11.3 Å². The fraction of sp³-hybridized carbons (Fsp3) is 0.250. The summed E-state index contributed by atoms with van der Waals surface area (Å²) in [5.74, 6) is -1.81. The number of aliphatic carboxylic acids is 1. The third-order valence-electron chi connectivity index (χ3n) is 4.43. The lowest BCUT2D eigenvalue weighted by Crippen LogP contribution is -2.27. The summed E-state index contributed by atoms with van der Waals surface area (Å²) in [7, 11) is 0. The van der Waals surface area contributed by atoms with E-state index in [1.54, 1.807) is 31.2 Å². The molecule has 0 aliphatic rings. The number of carbonyl (C=O) groups excluding carboxylic acids is 1. The van der Waals surface area contributed by atoms with E-state index in [2.05, 4.69) is 4.99 Å². The topological polar surface area (TPSA) is 71.7 Å². The molecule has 0 fully saturated rings. The molecule has 0 saturated carbocycles. The summed E-state index contributed by atoms with van der Waals surface area (Å²) in [5, 5.41) is 9.57. The van der Waals surface area contributed by atoms with Crippen molar-refractivity contribution < 1.29 is 27.9 Å². The molecule has 1 aromatic heterocycles. The summed E-state index contributed by atoms with van der Waals surface area (Å²) in [6.07, 6.45) is -4.46. The molecule has 1 N–H and O–H groups in total. The molecule has 5 nitrogen and oxygen atoms in total. The maximum Gasteiger partial charge on any atom is 0.416 e. The molecule has 1 heterocycles. The normalized spacial score (nSPS) is 13.6. The van der Waals surface area contributed by atoms with Gasteiger partial charge in [-0.2, -0.15) is 18.2 Å². The summed E-state index contributed by atoms with van der Waals surface area (Å²) in [4.78, 5) is 28.4. The van der Waals surface area contributed by atoms with Gasteiger partial charge in [0.15, 0.2) is 4.80 Å². The number of amides is 1. The number of alkyl halides is 3. The SMILES string of the molecule is CCC(C(=O)O)n1c(=NC(=O)c2ccc(C)cc2)sc2ccc(C(F)(F)F)cc21.